The molecule has 0 fully saturated rings. The van der Waals surface area contributed by atoms with E-state index in [0.717, 1.165) is 25.7 Å². The molecule has 0 amide bonds. The van der Waals surface area contributed by atoms with Gasteiger partial charge in [0.1, 0.15) is 0 Å². The molecule has 0 saturated heterocycles. The smallest absolute Gasteiger partial charge is 0.347 e. The van der Waals surface area contributed by atoms with Crippen molar-refractivity contribution in [1.29, 1.82) is 0 Å². The second-order valence-electron chi connectivity index (χ2n) is 3.81. The molecule has 4 nitrogen and oxygen atoms in total. The third-order valence-corrected chi connectivity index (χ3v) is 2.17. The summed E-state index contributed by atoms with van der Waals surface area (Å²) in [5.74, 6) is -1.01. The largest absolute Gasteiger partial charge is 0.463 e. The molecule has 0 heterocycles. The molecule has 0 aliphatic rings. The second-order valence-corrected chi connectivity index (χ2v) is 3.81. The summed E-state index contributed by atoms with van der Waals surface area (Å²) in [6, 6.07) is 0. The molecular formula is C13H22O4. The molecule has 0 aliphatic heterocycles. The molecule has 0 saturated carbocycles. The summed E-state index contributed by atoms with van der Waals surface area (Å²) in [7, 11) is 0. The van der Waals surface area contributed by atoms with Crippen molar-refractivity contribution < 1.29 is 19.1 Å². The van der Waals surface area contributed by atoms with Crippen molar-refractivity contribution in [3.05, 3.63) is 12.2 Å². The van der Waals surface area contributed by atoms with Crippen LogP contribution in [0.4, 0.5) is 0 Å². The van der Waals surface area contributed by atoms with Gasteiger partial charge in [0.25, 0.3) is 0 Å². The van der Waals surface area contributed by atoms with Crippen LogP contribution in [-0.2, 0) is 19.1 Å². The van der Waals surface area contributed by atoms with Crippen molar-refractivity contribution in [3.8, 4) is 0 Å². The molecule has 1 atom stereocenters. The highest BCUT2D eigenvalue weighted by molar-refractivity contribution is 5.85. The minimum absolute atomic E-state index is 0.393. The van der Waals surface area contributed by atoms with E-state index in [2.05, 4.69) is 6.92 Å². The minimum atomic E-state index is -0.843. The maximum atomic E-state index is 11.4. The fraction of sp³-hybridized carbons (Fsp3) is 0.692. The van der Waals surface area contributed by atoms with Crippen LogP contribution in [0, 0.1) is 0 Å². The van der Waals surface area contributed by atoms with E-state index >= 15 is 0 Å². The molecule has 0 radical (unpaired) electrons. The standard InChI is InChI=1S/C13H22O4/c1-4-6-7-8-10-16-13(15)11(3)17-12(14)9-5-2/h5,9,11H,4,6-8,10H2,1-3H3/b9-5-. The van der Waals surface area contributed by atoms with Crippen LogP contribution in [0.5, 0.6) is 0 Å². The number of hydrogen-bond donors (Lipinski definition) is 0. The molecule has 0 spiro atoms. The highest BCUT2D eigenvalue weighted by Gasteiger charge is 2.17. The van der Waals surface area contributed by atoms with Crippen molar-refractivity contribution in [2.45, 2.75) is 52.6 Å². The third kappa shape index (κ3) is 8.48. The predicted octanol–water partition coefficient (Wildman–Crippen LogP) is 2.62. The Morgan fingerprint density at radius 3 is 2.53 bits per heavy atom. The maximum Gasteiger partial charge on any atom is 0.347 e. The lowest BCUT2D eigenvalue weighted by molar-refractivity contribution is -0.163. The van der Waals surface area contributed by atoms with Crippen LogP contribution in [0.15, 0.2) is 12.2 Å². The lowest BCUT2D eigenvalue weighted by Crippen LogP contribution is -2.25. The molecule has 0 aromatic heterocycles. The average molecular weight is 242 g/mol. The SMILES string of the molecule is C/C=C\C(=O)OC(C)C(=O)OCCCCCC. The fourth-order valence-electron chi connectivity index (χ4n) is 1.22. The monoisotopic (exact) mass is 242 g/mol. The van der Waals surface area contributed by atoms with Crippen molar-refractivity contribution in [2.75, 3.05) is 6.61 Å². The molecule has 1 unspecified atom stereocenters. The third-order valence-electron chi connectivity index (χ3n) is 2.17. The maximum absolute atomic E-state index is 11.4. The van der Waals surface area contributed by atoms with Gasteiger partial charge in [0.05, 0.1) is 6.61 Å². The number of rotatable bonds is 8. The first-order valence-electron chi connectivity index (χ1n) is 6.11. The van der Waals surface area contributed by atoms with Crippen LogP contribution in [0.3, 0.4) is 0 Å². The van der Waals surface area contributed by atoms with Crippen LogP contribution in [-0.4, -0.2) is 24.6 Å². The molecule has 0 bridgehead atoms. The lowest BCUT2D eigenvalue weighted by atomic mass is 10.2. The molecular weight excluding hydrogens is 220 g/mol. The van der Waals surface area contributed by atoms with Crippen molar-refractivity contribution in [1.82, 2.24) is 0 Å². The van der Waals surface area contributed by atoms with E-state index in [1.54, 1.807) is 13.0 Å². The quantitative estimate of drug-likeness (QED) is 0.373. The van der Waals surface area contributed by atoms with E-state index in [1.807, 2.05) is 0 Å². The Labute approximate surface area is 103 Å². The molecule has 0 aromatic carbocycles. The lowest BCUT2D eigenvalue weighted by Gasteiger charge is -2.11. The number of unbranched alkanes of at least 4 members (excludes halogenated alkanes) is 3. The highest BCUT2D eigenvalue weighted by atomic mass is 16.6. The summed E-state index contributed by atoms with van der Waals surface area (Å²) in [5, 5.41) is 0. The van der Waals surface area contributed by atoms with Crippen molar-refractivity contribution in [3.63, 3.8) is 0 Å². The number of esters is 2. The van der Waals surface area contributed by atoms with Gasteiger partial charge in [0.2, 0.25) is 0 Å². The Hall–Kier alpha value is -1.32. The predicted molar refractivity (Wildman–Crippen MR) is 65.5 cm³/mol. The summed E-state index contributed by atoms with van der Waals surface area (Å²) in [5.41, 5.74) is 0. The van der Waals surface area contributed by atoms with Crippen LogP contribution < -0.4 is 0 Å². The van der Waals surface area contributed by atoms with Gasteiger partial charge in [-0.05, 0) is 20.3 Å². The first kappa shape index (κ1) is 15.7. The Morgan fingerprint density at radius 1 is 1.24 bits per heavy atom. The van der Waals surface area contributed by atoms with E-state index in [0.29, 0.717) is 6.61 Å². The number of allylic oxidation sites excluding steroid dienone is 1. The number of carbonyl (C=O) groups excluding carboxylic acids is 2. The van der Waals surface area contributed by atoms with Gasteiger partial charge in [-0.15, -0.1) is 0 Å². The fourth-order valence-corrected chi connectivity index (χ4v) is 1.22. The summed E-state index contributed by atoms with van der Waals surface area (Å²) in [6.07, 6.45) is 6.18. The molecule has 98 valence electrons. The Morgan fingerprint density at radius 2 is 1.94 bits per heavy atom. The van der Waals surface area contributed by atoms with Crippen LogP contribution in [0.2, 0.25) is 0 Å². The summed E-state index contributed by atoms with van der Waals surface area (Å²) >= 11 is 0. The molecule has 4 heteroatoms. The Kier molecular flexibility index (Phi) is 9.11. The Balaban J connectivity index is 3.71. The van der Waals surface area contributed by atoms with Crippen molar-refractivity contribution in [2.24, 2.45) is 0 Å². The first-order chi connectivity index (χ1) is 8.11. The second kappa shape index (κ2) is 9.87. The topological polar surface area (TPSA) is 52.6 Å². The van der Waals surface area contributed by atoms with E-state index in [-0.39, 0.29) is 0 Å². The average Bonchev–Trinajstić information content (AvgIpc) is 2.28. The van der Waals surface area contributed by atoms with Crippen LogP contribution in [0.25, 0.3) is 0 Å². The number of ether oxygens (including phenoxy) is 2. The zero-order valence-corrected chi connectivity index (χ0v) is 10.9. The van der Waals surface area contributed by atoms with E-state index in [4.69, 9.17) is 9.47 Å². The first-order valence-corrected chi connectivity index (χ1v) is 6.11. The van der Waals surface area contributed by atoms with Gasteiger partial charge in [0, 0.05) is 6.08 Å². The zero-order valence-electron chi connectivity index (χ0n) is 10.9. The number of carbonyl (C=O) groups is 2. The van der Waals surface area contributed by atoms with E-state index in [9.17, 15) is 9.59 Å². The van der Waals surface area contributed by atoms with Gasteiger partial charge in [-0.1, -0.05) is 32.3 Å². The molecule has 17 heavy (non-hydrogen) atoms. The van der Waals surface area contributed by atoms with E-state index < -0.39 is 18.0 Å². The van der Waals surface area contributed by atoms with Gasteiger partial charge in [-0.25, -0.2) is 9.59 Å². The number of hydrogen-bond acceptors (Lipinski definition) is 4. The summed E-state index contributed by atoms with van der Waals surface area (Å²) in [6.45, 7) is 5.73. The normalized spacial score (nSPS) is 12.4. The summed E-state index contributed by atoms with van der Waals surface area (Å²) < 4.78 is 9.82. The van der Waals surface area contributed by atoms with Crippen LogP contribution >= 0.6 is 0 Å². The van der Waals surface area contributed by atoms with Gasteiger partial charge in [0.15, 0.2) is 6.10 Å². The molecule has 0 N–H and O–H groups in total. The minimum Gasteiger partial charge on any atom is -0.463 e. The van der Waals surface area contributed by atoms with Crippen LogP contribution in [0.1, 0.15) is 46.5 Å². The highest BCUT2D eigenvalue weighted by Crippen LogP contribution is 2.01. The molecule has 0 aromatic rings. The van der Waals surface area contributed by atoms with Gasteiger partial charge < -0.3 is 9.47 Å². The van der Waals surface area contributed by atoms with Gasteiger partial charge in [-0.3, -0.25) is 0 Å². The van der Waals surface area contributed by atoms with Crippen molar-refractivity contribution >= 4 is 11.9 Å². The van der Waals surface area contributed by atoms with E-state index in [1.165, 1.54) is 13.0 Å². The Bertz CT molecular complexity index is 258. The van der Waals surface area contributed by atoms with Gasteiger partial charge >= 0.3 is 11.9 Å². The summed E-state index contributed by atoms with van der Waals surface area (Å²) in [4.78, 5) is 22.4. The van der Waals surface area contributed by atoms with Gasteiger partial charge in [-0.2, -0.15) is 0 Å². The molecule has 0 rings (SSSR count). The molecule has 0 aliphatic carbocycles. The zero-order chi connectivity index (χ0) is 13.1.